The summed E-state index contributed by atoms with van der Waals surface area (Å²) in [6, 6.07) is 11.5. The van der Waals surface area contributed by atoms with Crippen LogP contribution in [0.4, 0.5) is 5.69 Å². The maximum Gasteiger partial charge on any atom is 0.262 e. The van der Waals surface area contributed by atoms with Gasteiger partial charge in [-0.1, -0.05) is 50.6 Å². The highest BCUT2D eigenvalue weighted by Crippen LogP contribution is 2.27. The summed E-state index contributed by atoms with van der Waals surface area (Å²) in [5, 5.41) is 3.41. The van der Waals surface area contributed by atoms with Gasteiger partial charge >= 0.3 is 0 Å². The molecule has 1 amide bonds. The van der Waals surface area contributed by atoms with Crippen LogP contribution >= 0.6 is 11.6 Å². The molecule has 2 aromatic rings. The van der Waals surface area contributed by atoms with Gasteiger partial charge in [0.15, 0.2) is 6.61 Å². The Labute approximate surface area is 149 Å². The topological polar surface area (TPSA) is 38.3 Å². The molecule has 0 heterocycles. The van der Waals surface area contributed by atoms with Crippen molar-refractivity contribution in [3.63, 3.8) is 0 Å². The second-order valence-corrected chi connectivity index (χ2v) is 7.44. The van der Waals surface area contributed by atoms with E-state index in [1.807, 2.05) is 38.1 Å². The molecule has 0 aliphatic heterocycles. The van der Waals surface area contributed by atoms with Crippen LogP contribution in [0.1, 0.15) is 37.5 Å². The molecule has 0 bridgehead atoms. The van der Waals surface area contributed by atoms with E-state index in [4.69, 9.17) is 16.3 Å². The SMILES string of the molecule is Cc1ccc(NC(=O)COc2ccc(C(C)(C)C)cc2C)cc1Cl. The van der Waals surface area contributed by atoms with Crippen molar-refractivity contribution >= 4 is 23.2 Å². The number of hydrogen-bond acceptors (Lipinski definition) is 2. The number of ether oxygens (including phenoxy) is 1. The predicted octanol–water partition coefficient (Wildman–Crippen LogP) is 5.27. The number of carbonyl (C=O) groups excluding carboxylic acids is 1. The Morgan fingerprint density at radius 3 is 2.38 bits per heavy atom. The summed E-state index contributed by atoms with van der Waals surface area (Å²) < 4.78 is 5.65. The van der Waals surface area contributed by atoms with Gasteiger partial charge < -0.3 is 10.1 Å². The van der Waals surface area contributed by atoms with Gasteiger partial charge in [0.05, 0.1) is 0 Å². The minimum Gasteiger partial charge on any atom is -0.483 e. The Hall–Kier alpha value is -2.00. The van der Waals surface area contributed by atoms with Gasteiger partial charge in [-0.25, -0.2) is 0 Å². The van der Waals surface area contributed by atoms with Crippen molar-refractivity contribution < 1.29 is 9.53 Å². The number of benzene rings is 2. The molecule has 0 saturated heterocycles. The van der Waals surface area contributed by atoms with E-state index in [9.17, 15) is 4.79 Å². The van der Waals surface area contributed by atoms with Crippen molar-refractivity contribution in [3.05, 3.63) is 58.1 Å². The first kappa shape index (κ1) is 18.3. The fourth-order valence-electron chi connectivity index (χ4n) is 2.29. The fraction of sp³-hybridized carbons (Fsp3) is 0.350. The van der Waals surface area contributed by atoms with Gasteiger partial charge in [-0.2, -0.15) is 0 Å². The van der Waals surface area contributed by atoms with Gasteiger partial charge in [-0.15, -0.1) is 0 Å². The van der Waals surface area contributed by atoms with E-state index in [2.05, 4.69) is 32.2 Å². The van der Waals surface area contributed by atoms with Crippen LogP contribution in [-0.4, -0.2) is 12.5 Å². The van der Waals surface area contributed by atoms with E-state index >= 15 is 0 Å². The first-order valence-corrected chi connectivity index (χ1v) is 8.34. The van der Waals surface area contributed by atoms with Gasteiger partial charge in [0.2, 0.25) is 0 Å². The molecule has 1 N–H and O–H groups in total. The first-order valence-electron chi connectivity index (χ1n) is 7.97. The van der Waals surface area contributed by atoms with Crippen LogP contribution in [0.2, 0.25) is 5.02 Å². The summed E-state index contributed by atoms with van der Waals surface area (Å²) in [6.07, 6.45) is 0. The molecule has 128 valence electrons. The van der Waals surface area contributed by atoms with Crippen LogP contribution in [0.5, 0.6) is 5.75 Å². The van der Waals surface area contributed by atoms with Gasteiger partial charge in [0.25, 0.3) is 5.91 Å². The van der Waals surface area contributed by atoms with Gasteiger partial charge in [0.1, 0.15) is 5.75 Å². The Kier molecular flexibility index (Phi) is 5.55. The van der Waals surface area contributed by atoms with Crippen molar-refractivity contribution in [2.75, 3.05) is 11.9 Å². The lowest BCUT2D eigenvalue weighted by molar-refractivity contribution is -0.118. The molecular formula is C20H24ClNO2. The number of aryl methyl sites for hydroxylation is 2. The molecule has 0 aliphatic rings. The zero-order valence-electron chi connectivity index (χ0n) is 14.9. The Morgan fingerprint density at radius 2 is 1.79 bits per heavy atom. The quantitative estimate of drug-likeness (QED) is 0.819. The van der Waals surface area contributed by atoms with E-state index < -0.39 is 0 Å². The third-order valence-electron chi connectivity index (χ3n) is 3.86. The molecule has 3 nitrogen and oxygen atoms in total. The van der Waals surface area contributed by atoms with Crippen LogP contribution in [0.25, 0.3) is 0 Å². The number of halogens is 1. The van der Waals surface area contributed by atoms with Crippen molar-refractivity contribution in [2.24, 2.45) is 0 Å². The van der Waals surface area contributed by atoms with E-state index in [1.165, 1.54) is 5.56 Å². The lowest BCUT2D eigenvalue weighted by atomic mass is 9.86. The first-order chi connectivity index (χ1) is 11.2. The number of amides is 1. The number of anilines is 1. The Morgan fingerprint density at radius 1 is 1.08 bits per heavy atom. The van der Waals surface area contributed by atoms with Gasteiger partial charge in [-0.3, -0.25) is 4.79 Å². The lowest BCUT2D eigenvalue weighted by Gasteiger charge is -2.20. The maximum atomic E-state index is 12.0. The summed E-state index contributed by atoms with van der Waals surface area (Å²) in [4.78, 5) is 12.0. The molecule has 0 saturated carbocycles. The third kappa shape index (κ3) is 4.75. The molecule has 0 aliphatic carbocycles. The summed E-state index contributed by atoms with van der Waals surface area (Å²) in [5.41, 5.74) is 3.99. The number of rotatable bonds is 4. The molecule has 0 aromatic heterocycles. The molecule has 0 radical (unpaired) electrons. The van der Waals surface area contributed by atoms with Gasteiger partial charge in [0, 0.05) is 10.7 Å². The van der Waals surface area contributed by atoms with Crippen molar-refractivity contribution in [3.8, 4) is 5.75 Å². The number of nitrogens with one attached hydrogen (secondary N) is 1. The normalized spacial score (nSPS) is 11.2. The van der Waals surface area contributed by atoms with Crippen LogP contribution in [-0.2, 0) is 10.2 Å². The number of hydrogen-bond donors (Lipinski definition) is 1. The summed E-state index contributed by atoms with van der Waals surface area (Å²) in [6.45, 7) is 10.4. The number of carbonyl (C=O) groups is 1. The largest absolute Gasteiger partial charge is 0.483 e. The minimum absolute atomic E-state index is 0.0405. The van der Waals surface area contributed by atoms with E-state index in [-0.39, 0.29) is 17.9 Å². The fourth-order valence-corrected chi connectivity index (χ4v) is 2.47. The van der Waals surface area contributed by atoms with Crippen molar-refractivity contribution in [2.45, 2.75) is 40.0 Å². The molecule has 2 aromatic carbocycles. The predicted molar refractivity (Wildman–Crippen MR) is 100 cm³/mol. The zero-order valence-corrected chi connectivity index (χ0v) is 15.6. The maximum absolute atomic E-state index is 12.0. The molecule has 0 fully saturated rings. The van der Waals surface area contributed by atoms with E-state index in [0.717, 1.165) is 16.9 Å². The second kappa shape index (κ2) is 7.27. The van der Waals surface area contributed by atoms with E-state index in [1.54, 1.807) is 6.07 Å². The highest BCUT2D eigenvalue weighted by Gasteiger charge is 2.15. The molecule has 0 unspecified atom stereocenters. The Balaban J connectivity index is 1.97. The summed E-state index contributed by atoms with van der Waals surface area (Å²) >= 11 is 6.06. The van der Waals surface area contributed by atoms with Crippen molar-refractivity contribution in [1.29, 1.82) is 0 Å². The average molecular weight is 346 g/mol. The lowest BCUT2D eigenvalue weighted by Crippen LogP contribution is -2.20. The van der Waals surface area contributed by atoms with Crippen LogP contribution in [0.15, 0.2) is 36.4 Å². The highest BCUT2D eigenvalue weighted by molar-refractivity contribution is 6.31. The molecule has 24 heavy (non-hydrogen) atoms. The average Bonchev–Trinajstić information content (AvgIpc) is 2.49. The van der Waals surface area contributed by atoms with Crippen LogP contribution in [0, 0.1) is 13.8 Å². The molecule has 0 spiro atoms. The summed E-state index contributed by atoms with van der Waals surface area (Å²) in [7, 11) is 0. The molecular weight excluding hydrogens is 322 g/mol. The van der Waals surface area contributed by atoms with Gasteiger partial charge in [-0.05, 0) is 54.2 Å². The molecule has 2 rings (SSSR count). The second-order valence-electron chi connectivity index (χ2n) is 7.03. The zero-order chi connectivity index (χ0) is 17.9. The highest BCUT2D eigenvalue weighted by atomic mass is 35.5. The standard InChI is InChI=1S/C20H24ClNO2/c1-13-6-8-16(11-17(13)21)22-19(23)12-24-18-9-7-15(10-14(18)2)20(3,4)5/h6-11H,12H2,1-5H3,(H,22,23). The monoisotopic (exact) mass is 345 g/mol. The third-order valence-corrected chi connectivity index (χ3v) is 4.26. The smallest absolute Gasteiger partial charge is 0.262 e. The summed E-state index contributed by atoms with van der Waals surface area (Å²) in [5.74, 6) is 0.509. The van der Waals surface area contributed by atoms with E-state index in [0.29, 0.717) is 10.7 Å². The van der Waals surface area contributed by atoms with Crippen molar-refractivity contribution in [1.82, 2.24) is 0 Å². The molecule has 4 heteroatoms. The molecule has 0 atom stereocenters. The van der Waals surface area contributed by atoms with Crippen LogP contribution < -0.4 is 10.1 Å². The minimum atomic E-state index is -0.214. The van der Waals surface area contributed by atoms with Crippen LogP contribution in [0.3, 0.4) is 0 Å². The Bertz CT molecular complexity index is 748.